The molecule has 0 radical (unpaired) electrons. The van der Waals surface area contributed by atoms with Crippen LogP contribution in [0.5, 0.6) is 5.88 Å². The SMILES string of the molecule is O=C(Nc1ccc(N2CCCC2=O)c(Cl)c1)c1ccc(OCC(F)(F)F)nc1. The number of carbonyl (C=O) groups excluding carboxylic acids is 2. The third-order valence-corrected chi connectivity index (χ3v) is 4.25. The Bertz CT molecular complexity index is 888. The summed E-state index contributed by atoms with van der Waals surface area (Å²) in [7, 11) is 0. The molecule has 1 N–H and O–H groups in total. The zero-order valence-electron chi connectivity index (χ0n) is 14.4. The molecule has 0 unspecified atom stereocenters. The van der Waals surface area contributed by atoms with Crippen molar-refractivity contribution in [3.8, 4) is 5.88 Å². The van der Waals surface area contributed by atoms with Crippen LogP contribution in [0.15, 0.2) is 36.5 Å². The quantitative estimate of drug-likeness (QED) is 0.802. The number of pyridine rings is 1. The maximum absolute atomic E-state index is 12.3. The Kier molecular flexibility index (Phi) is 5.73. The molecular weight excluding hydrogens is 399 g/mol. The molecule has 6 nitrogen and oxygen atoms in total. The van der Waals surface area contributed by atoms with Gasteiger partial charge in [-0.3, -0.25) is 9.59 Å². The Morgan fingerprint density at radius 2 is 2.07 bits per heavy atom. The van der Waals surface area contributed by atoms with Crippen molar-refractivity contribution in [1.82, 2.24) is 4.98 Å². The Hall–Kier alpha value is -2.81. The van der Waals surface area contributed by atoms with Crippen LogP contribution < -0.4 is 15.0 Å². The van der Waals surface area contributed by atoms with E-state index in [2.05, 4.69) is 15.0 Å². The molecule has 0 bridgehead atoms. The second-order valence-electron chi connectivity index (χ2n) is 6.06. The number of carbonyl (C=O) groups is 2. The van der Waals surface area contributed by atoms with Gasteiger partial charge in [0, 0.05) is 30.9 Å². The number of alkyl halides is 3. The Labute approximate surface area is 163 Å². The van der Waals surface area contributed by atoms with E-state index in [9.17, 15) is 22.8 Å². The van der Waals surface area contributed by atoms with Gasteiger partial charge in [0.05, 0.1) is 16.3 Å². The van der Waals surface area contributed by atoms with E-state index in [0.29, 0.717) is 29.4 Å². The minimum absolute atomic E-state index is 0.00223. The van der Waals surface area contributed by atoms with Gasteiger partial charge in [0.15, 0.2) is 6.61 Å². The highest BCUT2D eigenvalue weighted by Gasteiger charge is 2.28. The largest absolute Gasteiger partial charge is 0.468 e. The van der Waals surface area contributed by atoms with Gasteiger partial charge < -0.3 is 15.0 Å². The summed E-state index contributed by atoms with van der Waals surface area (Å²) in [5.41, 5.74) is 1.12. The lowest BCUT2D eigenvalue weighted by Crippen LogP contribution is -2.24. The normalized spacial score (nSPS) is 14.3. The molecule has 3 rings (SSSR count). The lowest BCUT2D eigenvalue weighted by Gasteiger charge is -2.18. The van der Waals surface area contributed by atoms with Gasteiger partial charge in [0.1, 0.15) is 0 Å². The fourth-order valence-corrected chi connectivity index (χ4v) is 2.95. The van der Waals surface area contributed by atoms with Crippen LogP contribution in [0.1, 0.15) is 23.2 Å². The maximum atomic E-state index is 12.3. The molecule has 148 valence electrons. The number of hydrogen-bond donors (Lipinski definition) is 1. The molecule has 1 aliphatic rings. The van der Waals surface area contributed by atoms with Gasteiger partial charge in [-0.05, 0) is 30.7 Å². The van der Waals surface area contributed by atoms with E-state index >= 15 is 0 Å². The van der Waals surface area contributed by atoms with E-state index in [4.69, 9.17) is 11.6 Å². The van der Waals surface area contributed by atoms with Crippen molar-refractivity contribution in [2.24, 2.45) is 0 Å². The highest BCUT2D eigenvalue weighted by molar-refractivity contribution is 6.34. The molecule has 1 fully saturated rings. The van der Waals surface area contributed by atoms with Gasteiger partial charge in [-0.25, -0.2) is 4.98 Å². The van der Waals surface area contributed by atoms with Gasteiger partial charge in [-0.1, -0.05) is 11.6 Å². The van der Waals surface area contributed by atoms with Gasteiger partial charge >= 0.3 is 6.18 Å². The summed E-state index contributed by atoms with van der Waals surface area (Å²) in [6, 6.07) is 7.25. The van der Waals surface area contributed by atoms with Crippen LogP contribution >= 0.6 is 11.6 Å². The minimum atomic E-state index is -4.47. The molecule has 2 amide bonds. The average molecular weight is 414 g/mol. The number of aromatic nitrogens is 1. The van der Waals surface area contributed by atoms with Crippen molar-refractivity contribution in [3.05, 3.63) is 47.1 Å². The molecule has 0 atom stereocenters. The van der Waals surface area contributed by atoms with Crippen LogP contribution in [-0.4, -0.2) is 36.1 Å². The van der Waals surface area contributed by atoms with Crippen molar-refractivity contribution in [2.75, 3.05) is 23.4 Å². The summed E-state index contributed by atoms with van der Waals surface area (Å²) in [6.07, 6.45) is -2.11. The monoisotopic (exact) mass is 413 g/mol. The molecule has 1 saturated heterocycles. The van der Waals surface area contributed by atoms with E-state index < -0.39 is 18.7 Å². The molecule has 1 aromatic carbocycles. The second-order valence-corrected chi connectivity index (χ2v) is 6.47. The number of halogens is 4. The summed E-state index contributed by atoms with van der Waals surface area (Å²) in [5, 5.41) is 2.94. The highest BCUT2D eigenvalue weighted by Crippen LogP contribution is 2.31. The molecule has 28 heavy (non-hydrogen) atoms. The number of benzene rings is 1. The zero-order chi connectivity index (χ0) is 20.3. The molecule has 0 saturated carbocycles. The number of hydrogen-bond acceptors (Lipinski definition) is 4. The predicted molar refractivity (Wildman–Crippen MR) is 96.8 cm³/mol. The standard InChI is InChI=1S/C18H15ClF3N3O3/c19-13-8-12(4-5-14(13)25-7-1-2-16(25)26)24-17(27)11-3-6-15(23-9-11)28-10-18(20,21)22/h3-6,8-9H,1-2,7,10H2,(H,24,27). The van der Waals surface area contributed by atoms with Crippen LogP contribution in [0, 0.1) is 0 Å². The van der Waals surface area contributed by atoms with E-state index in [1.54, 1.807) is 17.0 Å². The molecule has 10 heteroatoms. The number of nitrogens with zero attached hydrogens (tertiary/aromatic N) is 2. The van der Waals surface area contributed by atoms with Gasteiger partial charge in [-0.15, -0.1) is 0 Å². The molecular formula is C18H15ClF3N3O3. The number of amides is 2. The number of anilines is 2. The van der Waals surface area contributed by atoms with E-state index in [1.807, 2.05) is 0 Å². The molecule has 0 aliphatic carbocycles. The van der Waals surface area contributed by atoms with Crippen LogP contribution in [0.2, 0.25) is 5.02 Å². The van der Waals surface area contributed by atoms with Crippen molar-refractivity contribution < 1.29 is 27.5 Å². The summed E-state index contributed by atoms with van der Waals surface area (Å²) >= 11 is 6.23. The Balaban J connectivity index is 1.64. The van der Waals surface area contributed by atoms with Crippen molar-refractivity contribution >= 4 is 34.8 Å². The molecule has 0 spiro atoms. The zero-order valence-corrected chi connectivity index (χ0v) is 15.2. The average Bonchev–Trinajstić information content (AvgIpc) is 3.06. The third-order valence-electron chi connectivity index (χ3n) is 3.95. The molecule has 1 aliphatic heterocycles. The van der Waals surface area contributed by atoms with Crippen LogP contribution in [0.4, 0.5) is 24.5 Å². The molecule has 2 heterocycles. The first kappa shape index (κ1) is 19.9. The van der Waals surface area contributed by atoms with E-state index in [-0.39, 0.29) is 17.4 Å². The van der Waals surface area contributed by atoms with Crippen molar-refractivity contribution in [3.63, 3.8) is 0 Å². The van der Waals surface area contributed by atoms with E-state index in [0.717, 1.165) is 12.6 Å². The van der Waals surface area contributed by atoms with Gasteiger partial charge in [0.2, 0.25) is 11.8 Å². The number of nitrogens with one attached hydrogen (secondary N) is 1. The van der Waals surface area contributed by atoms with Crippen LogP contribution in [-0.2, 0) is 4.79 Å². The lowest BCUT2D eigenvalue weighted by atomic mass is 10.2. The smallest absolute Gasteiger partial charge is 0.422 e. The van der Waals surface area contributed by atoms with Crippen molar-refractivity contribution in [1.29, 1.82) is 0 Å². The molecule has 2 aromatic rings. The maximum Gasteiger partial charge on any atom is 0.422 e. The van der Waals surface area contributed by atoms with E-state index in [1.165, 1.54) is 18.2 Å². The summed E-state index contributed by atoms with van der Waals surface area (Å²) in [6.45, 7) is -0.866. The van der Waals surface area contributed by atoms with Crippen LogP contribution in [0.25, 0.3) is 0 Å². The topological polar surface area (TPSA) is 71.5 Å². The first-order chi connectivity index (χ1) is 13.2. The first-order valence-electron chi connectivity index (χ1n) is 8.30. The minimum Gasteiger partial charge on any atom is -0.468 e. The lowest BCUT2D eigenvalue weighted by molar-refractivity contribution is -0.154. The van der Waals surface area contributed by atoms with Gasteiger partial charge in [-0.2, -0.15) is 13.2 Å². The van der Waals surface area contributed by atoms with Crippen LogP contribution in [0.3, 0.4) is 0 Å². The Morgan fingerprint density at radius 1 is 1.29 bits per heavy atom. The first-order valence-corrected chi connectivity index (χ1v) is 8.67. The summed E-state index contributed by atoms with van der Waals surface area (Å²) < 4.78 is 40.9. The fraction of sp³-hybridized carbons (Fsp3) is 0.278. The predicted octanol–water partition coefficient (Wildman–Crippen LogP) is 4.06. The third kappa shape index (κ3) is 4.92. The summed E-state index contributed by atoms with van der Waals surface area (Å²) in [5.74, 6) is -0.759. The molecule has 1 aromatic heterocycles. The van der Waals surface area contributed by atoms with Crippen molar-refractivity contribution in [2.45, 2.75) is 19.0 Å². The summed E-state index contributed by atoms with van der Waals surface area (Å²) in [4.78, 5) is 29.4. The number of rotatable bonds is 5. The fourth-order valence-electron chi connectivity index (χ4n) is 2.67. The highest BCUT2D eigenvalue weighted by atomic mass is 35.5. The van der Waals surface area contributed by atoms with Gasteiger partial charge in [0.25, 0.3) is 5.91 Å². The Morgan fingerprint density at radius 3 is 2.64 bits per heavy atom. The second kappa shape index (κ2) is 8.05. The number of ether oxygens (including phenoxy) is 1.